The number of hydrogen-bond donors (Lipinski definition) is 0. The Labute approximate surface area is 318 Å². The molecule has 10 rings (SSSR count). The molecule has 0 amide bonds. The fourth-order valence-electron chi connectivity index (χ4n) is 7.96. The van der Waals surface area contributed by atoms with Crippen LogP contribution in [-0.2, 0) is 6.67 Å². The van der Waals surface area contributed by atoms with Crippen molar-refractivity contribution in [2.75, 3.05) is 4.90 Å². The first-order valence-electron chi connectivity index (χ1n) is 18.1. The van der Waals surface area contributed by atoms with Gasteiger partial charge in [-0.3, -0.25) is 9.98 Å². The van der Waals surface area contributed by atoms with Crippen molar-refractivity contribution in [1.82, 2.24) is 4.57 Å². The first kappa shape index (κ1) is 32.0. The highest BCUT2D eigenvalue weighted by Gasteiger charge is 2.26. The average molecular weight is 711 g/mol. The smallest absolute Gasteiger partial charge is 0.115 e. The van der Waals surface area contributed by atoms with Crippen molar-refractivity contribution in [3.63, 3.8) is 0 Å². The molecular formula is C49H34N4S. The van der Waals surface area contributed by atoms with Gasteiger partial charge < -0.3 is 9.47 Å². The molecule has 2 heterocycles. The molecule has 5 heteroatoms. The van der Waals surface area contributed by atoms with Gasteiger partial charge >= 0.3 is 0 Å². The summed E-state index contributed by atoms with van der Waals surface area (Å²) in [5, 5.41) is 4.91. The minimum absolute atomic E-state index is 0.427. The number of para-hydroxylation sites is 3. The zero-order chi connectivity index (χ0) is 36.0. The maximum Gasteiger partial charge on any atom is 0.115 e. The Morgan fingerprint density at radius 3 is 2.17 bits per heavy atom. The Bertz CT molecular complexity index is 2910. The fraction of sp³-hybridized carbons (Fsp3) is 0.0204. The molecule has 0 saturated heterocycles. The van der Waals surface area contributed by atoms with Crippen molar-refractivity contribution >= 4 is 79.5 Å². The molecule has 0 fully saturated rings. The topological polar surface area (TPSA) is 32.9 Å². The van der Waals surface area contributed by atoms with Crippen LogP contribution in [0.5, 0.6) is 0 Å². The van der Waals surface area contributed by atoms with Crippen molar-refractivity contribution in [3.05, 3.63) is 193 Å². The summed E-state index contributed by atoms with van der Waals surface area (Å²) in [7, 11) is 0. The van der Waals surface area contributed by atoms with Crippen LogP contribution in [0.1, 0.15) is 11.1 Å². The van der Waals surface area contributed by atoms with Crippen LogP contribution in [0.3, 0.4) is 0 Å². The maximum atomic E-state index is 5.40. The molecule has 54 heavy (non-hydrogen) atoms. The van der Waals surface area contributed by atoms with Crippen LogP contribution in [0, 0.1) is 0 Å². The van der Waals surface area contributed by atoms with Crippen molar-refractivity contribution < 1.29 is 0 Å². The normalized spacial score (nSPS) is 12.6. The molecule has 0 aliphatic carbocycles. The highest BCUT2D eigenvalue weighted by Crippen LogP contribution is 2.52. The molecule has 0 saturated carbocycles. The third-order valence-corrected chi connectivity index (χ3v) is 11.5. The Morgan fingerprint density at radius 2 is 1.30 bits per heavy atom. The van der Waals surface area contributed by atoms with E-state index < -0.39 is 0 Å². The van der Waals surface area contributed by atoms with Crippen LogP contribution in [0.15, 0.2) is 202 Å². The third-order valence-electron chi connectivity index (χ3n) is 10.4. The molecule has 0 N–H and O–H groups in total. The molecule has 9 aromatic rings. The number of nitrogens with zero attached hydrogens (tertiary/aromatic N) is 4. The van der Waals surface area contributed by atoms with E-state index in [0.29, 0.717) is 6.67 Å². The summed E-state index contributed by atoms with van der Waals surface area (Å²) in [5.41, 5.74) is 11.9. The van der Waals surface area contributed by atoms with Crippen molar-refractivity contribution in [1.29, 1.82) is 0 Å². The van der Waals surface area contributed by atoms with E-state index in [1.807, 2.05) is 36.0 Å². The number of benzene rings is 8. The monoisotopic (exact) mass is 710 g/mol. The zero-order valence-electron chi connectivity index (χ0n) is 29.4. The minimum atomic E-state index is 0.427. The summed E-state index contributed by atoms with van der Waals surface area (Å²) in [5.74, 6) is 0. The molecule has 0 spiro atoms. The summed E-state index contributed by atoms with van der Waals surface area (Å²) in [4.78, 5) is 14.7. The Morgan fingerprint density at radius 1 is 0.574 bits per heavy atom. The predicted molar refractivity (Wildman–Crippen MR) is 229 cm³/mol. The van der Waals surface area contributed by atoms with E-state index in [1.54, 1.807) is 0 Å². The average Bonchev–Trinajstić information content (AvgIpc) is 3.57. The molecule has 0 bridgehead atoms. The number of aliphatic imine (C=N–C) groups is 2. The van der Waals surface area contributed by atoms with Gasteiger partial charge in [0.25, 0.3) is 0 Å². The highest BCUT2D eigenvalue weighted by molar-refractivity contribution is 7.99. The molecule has 8 aromatic carbocycles. The molecule has 1 aromatic heterocycles. The van der Waals surface area contributed by atoms with Gasteiger partial charge in [-0.1, -0.05) is 139 Å². The molecular weight excluding hydrogens is 677 g/mol. The molecule has 0 unspecified atom stereocenters. The second-order valence-electron chi connectivity index (χ2n) is 13.4. The summed E-state index contributed by atoms with van der Waals surface area (Å²) in [6.07, 6.45) is 0. The molecule has 4 nitrogen and oxygen atoms in total. The van der Waals surface area contributed by atoms with Crippen LogP contribution in [0.2, 0.25) is 0 Å². The van der Waals surface area contributed by atoms with E-state index in [-0.39, 0.29) is 0 Å². The highest BCUT2D eigenvalue weighted by atomic mass is 32.2. The molecule has 0 radical (unpaired) electrons. The summed E-state index contributed by atoms with van der Waals surface area (Å²) in [6, 6.07) is 64.7. The summed E-state index contributed by atoms with van der Waals surface area (Å²) >= 11 is 1.83. The molecule has 1 aliphatic heterocycles. The number of anilines is 3. The molecule has 0 atom stereocenters. The first-order valence-corrected chi connectivity index (χ1v) is 18.9. The van der Waals surface area contributed by atoms with E-state index in [0.717, 1.165) is 39.2 Å². The number of aromatic nitrogens is 1. The van der Waals surface area contributed by atoms with E-state index >= 15 is 0 Å². The van der Waals surface area contributed by atoms with E-state index in [1.165, 1.54) is 53.8 Å². The van der Waals surface area contributed by atoms with Gasteiger partial charge in [-0.05, 0) is 83.2 Å². The van der Waals surface area contributed by atoms with Crippen LogP contribution in [0.25, 0.3) is 43.7 Å². The molecule has 1 aliphatic rings. The van der Waals surface area contributed by atoms with Gasteiger partial charge in [0.1, 0.15) is 6.67 Å². The first-order chi connectivity index (χ1) is 26.8. The predicted octanol–water partition coefficient (Wildman–Crippen LogP) is 13.4. The van der Waals surface area contributed by atoms with E-state index in [2.05, 4.69) is 179 Å². The van der Waals surface area contributed by atoms with Crippen molar-refractivity contribution in [2.24, 2.45) is 9.98 Å². The van der Waals surface area contributed by atoms with E-state index in [4.69, 9.17) is 4.99 Å². The van der Waals surface area contributed by atoms with Crippen LogP contribution >= 0.6 is 11.8 Å². The van der Waals surface area contributed by atoms with Crippen molar-refractivity contribution in [3.8, 4) is 11.1 Å². The number of rotatable bonds is 7. The second kappa shape index (κ2) is 13.4. The van der Waals surface area contributed by atoms with Crippen LogP contribution in [-0.4, -0.2) is 17.0 Å². The summed E-state index contributed by atoms with van der Waals surface area (Å²) in [6.45, 7) is 4.30. The quantitative estimate of drug-likeness (QED) is 0.154. The number of hydrogen-bond acceptors (Lipinski definition) is 4. The molecule has 256 valence electrons. The van der Waals surface area contributed by atoms with Gasteiger partial charge in [-0.2, -0.15) is 0 Å². The lowest BCUT2D eigenvalue weighted by Gasteiger charge is -2.33. The van der Waals surface area contributed by atoms with Crippen LogP contribution in [0.4, 0.5) is 22.7 Å². The third kappa shape index (κ3) is 5.32. The Balaban J connectivity index is 1.20. The van der Waals surface area contributed by atoms with Gasteiger partial charge in [0.2, 0.25) is 0 Å². The van der Waals surface area contributed by atoms with Gasteiger partial charge in [-0.25, -0.2) is 0 Å². The van der Waals surface area contributed by atoms with E-state index in [9.17, 15) is 0 Å². The minimum Gasteiger partial charge on any atom is -0.320 e. The zero-order valence-corrected chi connectivity index (χ0v) is 30.2. The van der Waals surface area contributed by atoms with Gasteiger partial charge in [0.15, 0.2) is 0 Å². The van der Waals surface area contributed by atoms with Gasteiger partial charge in [-0.15, -0.1) is 0 Å². The lowest BCUT2D eigenvalue weighted by atomic mass is 9.96. The fourth-order valence-corrected chi connectivity index (χ4v) is 9.00. The van der Waals surface area contributed by atoms with Crippen LogP contribution < -0.4 is 4.90 Å². The van der Waals surface area contributed by atoms with Gasteiger partial charge in [0, 0.05) is 37.4 Å². The SMILES string of the molecule is C=Nc1ccccc1/C(=N\Cn1c2cccc(-c3ccc4c(c3)N(c3ccccc3)c3ccccc3S4)c2c2c3ccccc3ccc21)c1ccccc1. The second-order valence-corrected chi connectivity index (χ2v) is 14.5. The lowest BCUT2D eigenvalue weighted by molar-refractivity contribution is 0.793. The lowest BCUT2D eigenvalue weighted by Crippen LogP contribution is -2.14. The Hall–Kier alpha value is -6.69. The van der Waals surface area contributed by atoms with Gasteiger partial charge in [0.05, 0.1) is 33.8 Å². The standard InChI is InChI=1S/C49H34N4S/c1-50-40-23-11-10-21-39(40)49(34-16-4-2-5-17-34)51-32-52-42-25-14-22-38(48(42)47-37-20-9-8-15-33(37)27-29-43(47)52)35-28-30-46-44(31-35)53(36-18-6-3-7-19-36)41-24-12-13-26-45(41)54-46/h2-31H,1,32H2/b51-49-. The number of fused-ring (bicyclic) bond motifs is 7. The summed E-state index contributed by atoms with van der Waals surface area (Å²) < 4.78 is 2.37. The largest absolute Gasteiger partial charge is 0.320 e. The Kier molecular flexibility index (Phi) is 7.93. The maximum absolute atomic E-state index is 5.40. The van der Waals surface area contributed by atoms with Crippen molar-refractivity contribution in [2.45, 2.75) is 16.5 Å².